The van der Waals surface area contributed by atoms with Gasteiger partial charge in [0.1, 0.15) is 5.82 Å². The monoisotopic (exact) mass is 354 g/mol. The summed E-state index contributed by atoms with van der Waals surface area (Å²) in [5, 5.41) is 2.92. The molecule has 136 valence electrons. The number of hydrogen-bond donors (Lipinski definition) is 1. The maximum absolute atomic E-state index is 13.8. The SMILES string of the molecule is O=C(NCCCc1ccccc1)C1CC(=O)N(Cc2ccccc2F)C1. The normalized spacial score (nSPS) is 16.7. The number of benzene rings is 2. The molecule has 1 aliphatic rings. The van der Waals surface area contributed by atoms with Crippen molar-refractivity contribution in [2.24, 2.45) is 5.92 Å². The second-order valence-corrected chi connectivity index (χ2v) is 6.65. The second-order valence-electron chi connectivity index (χ2n) is 6.65. The average molecular weight is 354 g/mol. The minimum absolute atomic E-state index is 0.0950. The van der Waals surface area contributed by atoms with Crippen LogP contribution in [0.1, 0.15) is 24.0 Å². The lowest BCUT2D eigenvalue weighted by Crippen LogP contribution is -2.33. The third-order valence-corrected chi connectivity index (χ3v) is 4.69. The summed E-state index contributed by atoms with van der Waals surface area (Å²) in [5.41, 5.74) is 1.72. The number of hydrogen-bond acceptors (Lipinski definition) is 2. The van der Waals surface area contributed by atoms with Gasteiger partial charge in [0.25, 0.3) is 0 Å². The summed E-state index contributed by atoms with van der Waals surface area (Å²) in [6.45, 7) is 1.15. The number of rotatable bonds is 7. The average Bonchev–Trinajstić information content (AvgIpc) is 3.02. The van der Waals surface area contributed by atoms with Crippen LogP contribution in [-0.2, 0) is 22.6 Å². The van der Waals surface area contributed by atoms with Gasteiger partial charge < -0.3 is 10.2 Å². The van der Waals surface area contributed by atoms with E-state index in [0.717, 1.165) is 12.8 Å². The molecule has 1 atom stereocenters. The Labute approximate surface area is 153 Å². The molecule has 0 aromatic heterocycles. The van der Waals surface area contributed by atoms with Crippen molar-refractivity contribution in [1.29, 1.82) is 0 Å². The molecule has 2 amide bonds. The van der Waals surface area contributed by atoms with Crippen LogP contribution in [0.4, 0.5) is 4.39 Å². The van der Waals surface area contributed by atoms with Crippen molar-refractivity contribution in [2.75, 3.05) is 13.1 Å². The molecule has 0 saturated carbocycles. The summed E-state index contributed by atoms with van der Waals surface area (Å²) in [4.78, 5) is 26.0. The Bertz CT molecular complexity index is 764. The van der Waals surface area contributed by atoms with Gasteiger partial charge in [0.15, 0.2) is 0 Å². The standard InChI is InChI=1S/C21H23FN2O2/c22-19-11-5-4-10-17(19)14-24-15-18(13-20(24)25)21(26)23-12-6-9-16-7-2-1-3-8-16/h1-5,7-8,10-11,18H,6,9,12-15H2,(H,23,26). The molecule has 1 N–H and O–H groups in total. The van der Waals surface area contributed by atoms with Crippen LogP contribution in [0.5, 0.6) is 0 Å². The highest BCUT2D eigenvalue weighted by Crippen LogP contribution is 2.21. The van der Waals surface area contributed by atoms with Gasteiger partial charge in [0.05, 0.1) is 5.92 Å². The number of carbonyl (C=O) groups is 2. The largest absolute Gasteiger partial charge is 0.356 e. The number of carbonyl (C=O) groups excluding carboxylic acids is 2. The van der Waals surface area contributed by atoms with E-state index < -0.39 is 0 Å². The van der Waals surface area contributed by atoms with Crippen LogP contribution in [0.2, 0.25) is 0 Å². The number of nitrogens with one attached hydrogen (secondary N) is 1. The third kappa shape index (κ3) is 4.69. The number of nitrogens with zero attached hydrogens (tertiary/aromatic N) is 1. The van der Waals surface area contributed by atoms with E-state index in [4.69, 9.17) is 0 Å². The summed E-state index contributed by atoms with van der Waals surface area (Å²) in [6.07, 6.45) is 1.96. The van der Waals surface area contributed by atoms with Gasteiger partial charge in [-0.1, -0.05) is 48.5 Å². The molecule has 1 unspecified atom stereocenters. The fourth-order valence-electron chi connectivity index (χ4n) is 3.23. The van der Waals surface area contributed by atoms with Gasteiger partial charge in [-0.05, 0) is 24.5 Å². The summed E-state index contributed by atoms with van der Waals surface area (Å²) >= 11 is 0. The molecule has 2 aromatic rings. The maximum atomic E-state index is 13.8. The number of amides is 2. The molecule has 2 aromatic carbocycles. The van der Waals surface area contributed by atoms with E-state index in [1.807, 2.05) is 18.2 Å². The second kappa shape index (κ2) is 8.61. The Balaban J connectivity index is 1.44. The first-order valence-electron chi connectivity index (χ1n) is 8.96. The van der Waals surface area contributed by atoms with Crippen molar-refractivity contribution in [3.63, 3.8) is 0 Å². The summed E-state index contributed by atoms with van der Waals surface area (Å²) in [7, 11) is 0. The van der Waals surface area contributed by atoms with Crippen LogP contribution in [0, 0.1) is 11.7 Å². The predicted molar refractivity (Wildman–Crippen MR) is 97.7 cm³/mol. The molecule has 3 rings (SSSR count). The first-order chi connectivity index (χ1) is 12.6. The quantitative estimate of drug-likeness (QED) is 0.777. The smallest absolute Gasteiger partial charge is 0.225 e. The van der Waals surface area contributed by atoms with E-state index in [9.17, 15) is 14.0 Å². The highest BCUT2D eigenvalue weighted by molar-refractivity contribution is 5.89. The van der Waals surface area contributed by atoms with Gasteiger partial charge in [-0.2, -0.15) is 0 Å². The van der Waals surface area contributed by atoms with E-state index in [1.165, 1.54) is 11.6 Å². The predicted octanol–water partition coefficient (Wildman–Crippen LogP) is 2.92. The molecule has 5 heteroatoms. The van der Waals surface area contributed by atoms with Crippen LogP contribution < -0.4 is 5.32 Å². The fraction of sp³-hybridized carbons (Fsp3) is 0.333. The summed E-state index contributed by atoms with van der Waals surface area (Å²) in [5.74, 6) is -0.875. The van der Waals surface area contributed by atoms with Crippen molar-refractivity contribution in [1.82, 2.24) is 10.2 Å². The van der Waals surface area contributed by atoms with Crippen molar-refractivity contribution in [3.05, 3.63) is 71.5 Å². The number of likely N-dealkylation sites (tertiary alicyclic amines) is 1. The van der Waals surface area contributed by atoms with Crippen LogP contribution in [0.15, 0.2) is 54.6 Å². The maximum Gasteiger partial charge on any atom is 0.225 e. The fourth-order valence-corrected chi connectivity index (χ4v) is 3.23. The molecular formula is C21H23FN2O2. The molecule has 1 heterocycles. The lowest BCUT2D eigenvalue weighted by Gasteiger charge is -2.17. The zero-order chi connectivity index (χ0) is 18.4. The van der Waals surface area contributed by atoms with Crippen molar-refractivity contribution in [3.8, 4) is 0 Å². The Hall–Kier alpha value is -2.69. The molecule has 1 saturated heterocycles. The van der Waals surface area contributed by atoms with Gasteiger partial charge in [-0.3, -0.25) is 9.59 Å². The lowest BCUT2D eigenvalue weighted by atomic mass is 10.1. The lowest BCUT2D eigenvalue weighted by molar-refractivity contribution is -0.129. The van der Waals surface area contributed by atoms with E-state index in [2.05, 4.69) is 17.4 Å². The van der Waals surface area contributed by atoms with E-state index in [-0.39, 0.29) is 36.5 Å². The number of halogens is 1. The van der Waals surface area contributed by atoms with Crippen molar-refractivity contribution >= 4 is 11.8 Å². The molecule has 0 aliphatic carbocycles. The molecular weight excluding hydrogens is 331 g/mol. The first kappa shape index (κ1) is 18.1. The highest BCUT2D eigenvalue weighted by atomic mass is 19.1. The van der Waals surface area contributed by atoms with Gasteiger partial charge in [-0.25, -0.2) is 4.39 Å². The topological polar surface area (TPSA) is 49.4 Å². The molecule has 26 heavy (non-hydrogen) atoms. The van der Waals surface area contributed by atoms with Gasteiger partial charge in [-0.15, -0.1) is 0 Å². The molecule has 4 nitrogen and oxygen atoms in total. The Kier molecular flexibility index (Phi) is 6.00. The third-order valence-electron chi connectivity index (χ3n) is 4.69. The number of aryl methyl sites for hydroxylation is 1. The van der Waals surface area contributed by atoms with Crippen LogP contribution in [-0.4, -0.2) is 29.8 Å². The van der Waals surface area contributed by atoms with Crippen LogP contribution in [0.25, 0.3) is 0 Å². The van der Waals surface area contributed by atoms with E-state index in [1.54, 1.807) is 23.1 Å². The van der Waals surface area contributed by atoms with Crippen LogP contribution >= 0.6 is 0 Å². The first-order valence-corrected chi connectivity index (χ1v) is 8.96. The van der Waals surface area contributed by atoms with Gasteiger partial charge in [0, 0.05) is 31.6 Å². The zero-order valence-corrected chi connectivity index (χ0v) is 14.7. The van der Waals surface area contributed by atoms with Gasteiger partial charge >= 0.3 is 0 Å². The molecule has 1 aliphatic heterocycles. The minimum Gasteiger partial charge on any atom is -0.356 e. The van der Waals surface area contributed by atoms with Crippen molar-refractivity contribution < 1.29 is 14.0 Å². The highest BCUT2D eigenvalue weighted by Gasteiger charge is 2.34. The van der Waals surface area contributed by atoms with Crippen LogP contribution in [0.3, 0.4) is 0 Å². The molecule has 0 bridgehead atoms. The summed E-state index contributed by atoms with van der Waals surface area (Å²) in [6, 6.07) is 16.5. The summed E-state index contributed by atoms with van der Waals surface area (Å²) < 4.78 is 13.8. The minimum atomic E-state index is -0.356. The molecule has 0 spiro atoms. The Morgan fingerprint density at radius 2 is 1.85 bits per heavy atom. The van der Waals surface area contributed by atoms with E-state index in [0.29, 0.717) is 18.7 Å². The van der Waals surface area contributed by atoms with E-state index >= 15 is 0 Å². The zero-order valence-electron chi connectivity index (χ0n) is 14.7. The Morgan fingerprint density at radius 3 is 2.62 bits per heavy atom. The van der Waals surface area contributed by atoms with Crippen molar-refractivity contribution in [2.45, 2.75) is 25.8 Å². The van der Waals surface area contributed by atoms with Gasteiger partial charge in [0.2, 0.25) is 11.8 Å². The molecule has 0 radical (unpaired) electrons. The Morgan fingerprint density at radius 1 is 1.12 bits per heavy atom. The molecule has 1 fully saturated rings.